The number of benzene rings is 1. The standard InChI is InChI=1S/C11H9N3O4S/c15-10-8(5-12-11(16)13-10)14-6-7-3-1-2-4-9(7)19(14,17)18/h1-5H,6H2,(H2,12,13,15,16). The zero-order valence-corrected chi connectivity index (χ0v) is 10.4. The Morgan fingerprint density at radius 1 is 1.16 bits per heavy atom. The van der Waals surface area contributed by atoms with E-state index in [9.17, 15) is 18.0 Å². The van der Waals surface area contributed by atoms with Crippen LogP contribution < -0.4 is 15.6 Å². The first kappa shape index (κ1) is 11.7. The highest BCUT2D eigenvalue weighted by atomic mass is 32.2. The van der Waals surface area contributed by atoms with E-state index in [2.05, 4.69) is 4.98 Å². The topological polar surface area (TPSA) is 103 Å². The molecule has 0 fully saturated rings. The smallest absolute Gasteiger partial charge is 0.312 e. The van der Waals surface area contributed by atoms with Crippen molar-refractivity contribution < 1.29 is 8.42 Å². The summed E-state index contributed by atoms with van der Waals surface area (Å²) in [4.78, 5) is 27.1. The van der Waals surface area contributed by atoms with Crippen molar-refractivity contribution in [2.75, 3.05) is 4.31 Å². The van der Waals surface area contributed by atoms with Crippen molar-refractivity contribution in [3.05, 3.63) is 56.9 Å². The molecule has 2 N–H and O–H groups in total. The number of H-pyrrole nitrogens is 2. The van der Waals surface area contributed by atoms with Crippen LogP contribution >= 0.6 is 0 Å². The quantitative estimate of drug-likeness (QED) is 0.752. The minimum Gasteiger partial charge on any atom is -0.312 e. The summed E-state index contributed by atoms with van der Waals surface area (Å²) in [6, 6.07) is 6.53. The molecule has 7 nitrogen and oxygen atoms in total. The van der Waals surface area contributed by atoms with Crippen LogP contribution in [0.5, 0.6) is 0 Å². The maximum absolute atomic E-state index is 12.3. The lowest BCUT2D eigenvalue weighted by molar-refractivity contribution is 0.596. The predicted octanol–water partition coefficient (Wildman–Crippen LogP) is -0.228. The van der Waals surface area contributed by atoms with Crippen molar-refractivity contribution in [1.29, 1.82) is 0 Å². The van der Waals surface area contributed by atoms with Gasteiger partial charge in [0.15, 0.2) is 0 Å². The maximum Gasteiger partial charge on any atom is 0.325 e. The van der Waals surface area contributed by atoms with Crippen LogP contribution in [0.2, 0.25) is 0 Å². The molecule has 0 spiro atoms. The Morgan fingerprint density at radius 3 is 2.58 bits per heavy atom. The van der Waals surface area contributed by atoms with Crippen LogP contribution in [0.4, 0.5) is 5.69 Å². The Hall–Kier alpha value is -2.35. The van der Waals surface area contributed by atoms with Crippen molar-refractivity contribution in [1.82, 2.24) is 9.97 Å². The maximum atomic E-state index is 12.3. The van der Waals surface area contributed by atoms with Gasteiger partial charge < -0.3 is 4.98 Å². The molecule has 0 saturated heterocycles. The van der Waals surface area contributed by atoms with Gasteiger partial charge in [-0.1, -0.05) is 18.2 Å². The van der Waals surface area contributed by atoms with E-state index in [0.29, 0.717) is 5.56 Å². The molecular formula is C11H9N3O4S. The van der Waals surface area contributed by atoms with Gasteiger partial charge in [-0.15, -0.1) is 0 Å². The van der Waals surface area contributed by atoms with Gasteiger partial charge in [-0.05, 0) is 11.6 Å². The van der Waals surface area contributed by atoms with E-state index in [4.69, 9.17) is 0 Å². The van der Waals surface area contributed by atoms with Gasteiger partial charge in [-0.2, -0.15) is 0 Å². The van der Waals surface area contributed by atoms with Crippen molar-refractivity contribution in [2.45, 2.75) is 11.4 Å². The third-order valence-corrected chi connectivity index (χ3v) is 4.78. The molecule has 98 valence electrons. The molecule has 3 rings (SSSR count). The van der Waals surface area contributed by atoms with E-state index in [1.54, 1.807) is 18.2 Å². The molecule has 2 heterocycles. The van der Waals surface area contributed by atoms with Crippen molar-refractivity contribution in [3.63, 3.8) is 0 Å². The van der Waals surface area contributed by atoms with Crippen molar-refractivity contribution >= 4 is 15.7 Å². The molecule has 0 saturated carbocycles. The van der Waals surface area contributed by atoms with E-state index in [0.717, 1.165) is 10.5 Å². The molecule has 1 aromatic heterocycles. The van der Waals surface area contributed by atoms with E-state index in [1.165, 1.54) is 6.07 Å². The molecule has 0 unspecified atom stereocenters. The van der Waals surface area contributed by atoms with E-state index < -0.39 is 21.3 Å². The molecule has 1 aliphatic rings. The summed E-state index contributed by atoms with van der Waals surface area (Å²) in [5, 5.41) is 0. The monoisotopic (exact) mass is 279 g/mol. The molecule has 8 heteroatoms. The second-order valence-electron chi connectivity index (χ2n) is 4.08. The number of fused-ring (bicyclic) bond motifs is 1. The summed E-state index contributed by atoms with van der Waals surface area (Å²) in [7, 11) is -3.74. The van der Waals surface area contributed by atoms with Gasteiger partial charge in [-0.25, -0.2) is 13.2 Å². The number of aromatic amines is 2. The number of nitrogens with one attached hydrogen (secondary N) is 2. The average Bonchev–Trinajstić information content (AvgIpc) is 2.62. The first-order chi connectivity index (χ1) is 9.00. The number of nitrogens with zero attached hydrogens (tertiary/aromatic N) is 1. The third kappa shape index (κ3) is 1.68. The minimum absolute atomic E-state index is 0.0770. The molecule has 0 aliphatic carbocycles. The normalized spacial score (nSPS) is 16.3. The van der Waals surface area contributed by atoms with Crippen molar-refractivity contribution in [2.24, 2.45) is 0 Å². The van der Waals surface area contributed by atoms with Gasteiger partial charge in [0.1, 0.15) is 5.69 Å². The molecule has 0 atom stereocenters. The van der Waals surface area contributed by atoms with Crippen LogP contribution in [0.15, 0.2) is 44.9 Å². The first-order valence-corrected chi connectivity index (χ1v) is 6.87. The summed E-state index contributed by atoms with van der Waals surface area (Å²) >= 11 is 0. The second kappa shape index (κ2) is 3.82. The fourth-order valence-corrected chi connectivity index (χ4v) is 3.70. The molecule has 0 amide bonds. The summed E-state index contributed by atoms with van der Waals surface area (Å²) in [5.41, 5.74) is -0.896. The number of sulfonamides is 1. The number of hydrogen-bond donors (Lipinski definition) is 2. The number of hydrogen-bond acceptors (Lipinski definition) is 4. The van der Waals surface area contributed by atoms with Gasteiger partial charge >= 0.3 is 5.69 Å². The van der Waals surface area contributed by atoms with E-state index in [-0.39, 0.29) is 17.1 Å². The first-order valence-electron chi connectivity index (χ1n) is 5.43. The fourth-order valence-electron chi connectivity index (χ4n) is 2.05. The Morgan fingerprint density at radius 2 is 1.89 bits per heavy atom. The van der Waals surface area contributed by atoms with Crippen LogP contribution in [-0.4, -0.2) is 18.4 Å². The summed E-state index contributed by atoms with van der Waals surface area (Å²) < 4.78 is 25.6. The average molecular weight is 279 g/mol. The Bertz CT molecular complexity index is 866. The van der Waals surface area contributed by atoms with Crippen LogP contribution in [0, 0.1) is 0 Å². The fraction of sp³-hybridized carbons (Fsp3) is 0.0909. The van der Waals surface area contributed by atoms with Gasteiger partial charge in [0.05, 0.1) is 11.4 Å². The highest BCUT2D eigenvalue weighted by Crippen LogP contribution is 2.32. The van der Waals surface area contributed by atoms with E-state index >= 15 is 0 Å². The Balaban J connectivity index is 2.20. The Kier molecular flexibility index (Phi) is 2.36. The van der Waals surface area contributed by atoms with Crippen molar-refractivity contribution in [3.8, 4) is 0 Å². The zero-order valence-electron chi connectivity index (χ0n) is 9.58. The molecule has 1 aliphatic heterocycles. The summed E-state index contributed by atoms with van der Waals surface area (Å²) in [6.07, 6.45) is 1.10. The lowest BCUT2D eigenvalue weighted by atomic mass is 10.2. The van der Waals surface area contributed by atoms with Crippen LogP contribution in [0.1, 0.15) is 5.56 Å². The molecule has 0 radical (unpaired) electrons. The van der Waals surface area contributed by atoms with Gasteiger partial charge in [-0.3, -0.25) is 14.1 Å². The van der Waals surface area contributed by atoms with Crippen LogP contribution in [0.3, 0.4) is 0 Å². The summed E-state index contributed by atoms with van der Waals surface area (Å²) in [6.45, 7) is 0.0770. The summed E-state index contributed by atoms with van der Waals surface area (Å²) in [5.74, 6) is 0. The highest BCUT2D eigenvalue weighted by molar-refractivity contribution is 7.93. The minimum atomic E-state index is -3.74. The second-order valence-corrected chi connectivity index (χ2v) is 5.91. The molecule has 2 aromatic rings. The van der Waals surface area contributed by atoms with Crippen LogP contribution in [-0.2, 0) is 16.6 Å². The lowest BCUT2D eigenvalue weighted by Gasteiger charge is -2.14. The SMILES string of the molecule is O=c1[nH]cc(N2Cc3ccccc3S2(=O)=O)c(=O)[nH]1. The number of anilines is 1. The molecular weight excluding hydrogens is 270 g/mol. The lowest BCUT2D eigenvalue weighted by Crippen LogP contribution is -2.32. The van der Waals surface area contributed by atoms with Crippen LogP contribution in [0.25, 0.3) is 0 Å². The zero-order chi connectivity index (χ0) is 13.6. The van der Waals surface area contributed by atoms with Gasteiger partial charge in [0, 0.05) is 6.20 Å². The third-order valence-electron chi connectivity index (χ3n) is 2.92. The van der Waals surface area contributed by atoms with E-state index in [1.807, 2.05) is 4.98 Å². The highest BCUT2D eigenvalue weighted by Gasteiger charge is 2.35. The Labute approximate surface area is 107 Å². The molecule has 1 aromatic carbocycles. The van der Waals surface area contributed by atoms with Gasteiger partial charge in [0.25, 0.3) is 15.6 Å². The van der Waals surface area contributed by atoms with Gasteiger partial charge in [0.2, 0.25) is 0 Å². The number of aromatic nitrogens is 2. The molecule has 0 bridgehead atoms. The molecule has 19 heavy (non-hydrogen) atoms. The number of rotatable bonds is 1. The largest absolute Gasteiger partial charge is 0.325 e. The predicted molar refractivity (Wildman–Crippen MR) is 67.5 cm³/mol.